The van der Waals surface area contributed by atoms with Gasteiger partial charge in [-0.15, -0.1) is 0 Å². The average molecular weight is 232 g/mol. The van der Waals surface area contributed by atoms with Crippen molar-refractivity contribution in [2.24, 2.45) is 5.11 Å². The van der Waals surface area contributed by atoms with Gasteiger partial charge in [-0.3, -0.25) is 4.79 Å². The number of anilines is 1. The van der Waals surface area contributed by atoms with E-state index in [2.05, 4.69) is 22.3 Å². The van der Waals surface area contributed by atoms with Gasteiger partial charge in [0.1, 0.15) is 0 Å². The zero-order valence-corrected chi connectivity index (χ0v) is 9.89. The third-order valence-corrected chi connectivity index (χ3v) is 2.34. The van der Waals surface area contributed by atoms with Crippen LogP contribution >= 0.6 is 0 Å². The van der Waals surface area contributed by atoms with Crippen LogP contribution in [0.2, 0.25) is 0 Å². The quantitative estimate of drug-likeness (QED) is 0.340. The zero-order chi connectivity index (χ0) is 12.5. The first-order chi connectivity index (χ1) is 8.27. The Bertz CT molecular complexity index is 424. The first kappa shape index (κ1) is 13.1. The number of benzene rings is 1. The van der Waals surface area contributed by atoms with Crippen molar-refractivity contribution in [3.63, 3.8) is 0 Å². The minimum Gasteiger partial charge on any atom is -0.326 e. The lowest BCUT2D eigenvalue weighted by Gasteiger charge is -2.07. The Morgan fingerprint density at radius 2 is 2.18 bits per heavy atom. The van der Waals surface area contributed by atoms with Crippen molar-refractivity contribution in [1.29, 1.82) is 0 Å². The molecular formula is C12H16N4O. The summed E-state index contributed by atoms with van der Waals surface area (Å²) in [5.74, 6) is -0.0426. The lowest BCUT2D eigenvalue weighted by molar-refractivity contribution is -0.116. The molecule has 0 spiro atoms. The van der Waals surface area contributed by atoms with Gasteiger partial charge in [-0.1, -0.05) is 43.1 Å². The minimum atomic E-state index is -0.0426. The second-order valence-corrected chi connectivity index (χ2v) is 3.71. The lowest BCUT2D eigenvalue weighted by Crippen LogP contribution is -2.10. The molecule has 1 aromatic rings. The smallest absolute Gasteiger partial charge is 0.224 e. The van der Waals surface area contributed by atoms with Gasteiger partial charge in [0.15, 0.2) is 0 Å². The fourth-order valence-electron chi connectivity index (χ4n) is 1.46. The maximum absolute atomic E-state index is 11.6. The number of nitrogens with one attached hydrogen (secondary N) is 1. The van der Waals surface area contributed by atoms with Gasteiger partial charge in [-0.05, 0) is 18.0 Å². The number of hydrogen-bond donors (Lipinski definition) is 1. The van der Waals surface area contributed by atoms with Gasteiger partial charge >= 0.3 is 0 Å². The number of rotatable bonds is 6. The number of para-hydroxylation sites is 1. The summed E-state index contributed by atoms with van der Waals surface area (Å²) < 4.78 is 0. The Labute approximate surface area is 100 Å². The van der Waals surface area contributed by atoms with Gasteiger partial charge in [-0.2, -0.15) is 0 Å². The number of unbranched alkanes of at least 4 members (excludes halogenated alkanes) is 2. The van der Waals surface area contributed by atoms with Crippen molar-refractivity contribution >= 4 is 17.3 Å². The molecule has 90 valence electrons. The molecule has 1 rings (SSSR count). The fourth-order valence-corrected chi connectivity index (χ4v) is 1.46. The van der Waals surface area contributed by atoms with Crippen LogP contribution in [-0.4, -0.2) is 5.91 Å². The molecule has 1 N–H and O–H groups in total. The molecule has 0 aliphatic heterocycles. The van der Waals surface area contributed by atoms with Gasteiger partial charge in [0, 0.05) is 11.3 Å². The maximum atomic E-state index is 11.6. The van der Waals surface area contributed by atoms with Gasteiger partial charge in [0.05, 0.1) is 11.4 Å². The van der Waals surface area contributed by atoms with Crippen LogP contribution in [0.3, 0.4) is 0 Å². The standard InChI is InChI=1S/C12H16N4O/c1-2-3-4-9-12(17)14-10-7-5-6-8-11(10)15-16-13/h5-8H,2-4,9H2,1H3,(H,14,17). The number of hydrogen-bond acceptors (Lipinski definition) is 2. The highest BCUT2D eigenvalue weighted by Crippen LogP contribution is 2.24. The summed E-state index contributed by atoms with van der Waals surface area (Å²) >= 11 is 0. The Morgan fingerprint density at radius 1 is 1.41 bits per heavy atom. The van der Waals surface area contributed by atoms with Crippen LogP contribution in [0.4, 0.5) is 11.4 Å². The number of nitrogens with zero attached hydrogens (tertiary/aromatic N) is 3. The van der Waals surface area contributed by atoms with Crippen LogP contribution < -0.4 is 5.32 Å². The monoisotopic (exact) mass is 232 g/mol. The molecule has 0 radical (unpaired) electrons. The van der Waals surface area contributed by atoms with E-state index in [4.69, 9.17) is 5.53 Å². The Hall–Kier alpha value is -2.00. The molecule has 1 amide bonds. The Morgan fingerprint density at radius 3 is 2.88 bits per heavy atom. The van der Waals surface area contributed by atoms with Gasteiger partial charge in [-0.25, -0.2) is 0 Å². The van der Waals surface area contributed by atoms with Crippen molar-refractivity contribution in [3.05, 3.63) is 34.7 Å². The Kier molecular flexibility index (Phi) is 5.61. The Balaban J connectivity index is 2.61. The van der Waals surface area contributed by atoms with E-state index in [1.54, 1.807) is 24.3 Å². The fraction of sp³-hybridized carbons (Fsp3) is 0.417. The summed E-state index contributed by atoms with van der Waals surface area (Å²) in [6, 6.07) is 6.94. The van der Waals surface area contributed by atoms with Crippen LogP contribution in [-0.2, 0) is 4.79 Å². The second-order valence-electron chi connectivity index (χ2n) is 3.71. The minimum absolute atomic E-state index is 0.0426. The van der Waals surface area contributed by atoms with Crippen molar-refractivity contribution in [1.82, 2.24) is 0 Å². The molecule has 0 saturated heterocycles. The molecule has 0 atom stereocenters. The van der Waals surface area contributed by atoms with Gasteiger partial charge < -0.3 is 5.32 Å². The number of amides is 1. The van der Waals surface area contributed by atoms with E-state index in [1.807, 2.05) is 0 Å². The molecule has 0 unspecified atom stereocenters. The topological polar surface area (TPSA) is 77.9 Å². The van der Waals surface area contributed by atoms with Crippen LogP contribution in [0, 0.1) is 0 Å². The SMILES string of the molecule is CCCCCC(=O)Nc1ccccc1N=[N+]=[N-]. The molecule has 0 fully saturated rings. The third-order valence-electron chi connectivity index (χ3n) is 2.34. The molecule has 0 bridgehead atoms. The van der Waals surface area contributed by atoms with E-state index in [1.165, 1.54) is 0 Å². The second kappa shape index (κ2) is 7.30. The molecule has 1 aromatic carbocycles. The summed E-state index contributed by atoms with van der Waals surface area (Å²) in [6.07, 6.45) is 3.51. The molecule has 0 aliphatic rings. The summed E-state index contributed by atoms with van der Waals surface area (Å²) in [4.78, 5) is 14.3. The molecule has 0 aliphatic carbocycles. The number of carbonyl (C=O) groups excluding carboxylic acids is 1. The van der Waals surface area contributed by atoms with Crippen LogP contribution in [0.1, 0.15) is 32.6 Å². The summed E-state index contributed by atoms with van der Waals surface area (Å²) in [5.41, 5.74) is 9.40. The highest BCUT2D eigenvalue weighted by atomic mass is 16.1. The van der Waals surface area contributed by atoms with Crippen molar-refractivity contribution in [3.8, 4) is 0 Å². The van der Waals surface area contributed by atoms with E-state index in [9.17, 15) is 4.79 Å². The van der Waals surface area contributed by atoms with E-state index < -0.39 is 0 Å². The number of carbonyl (C=O) groups is 1. The van der Waals surface area contributed by atoms with Gasteiger partial charge in [0.25, 0.3) is 0 Å². The van der Waals surface area contributed by atoms with Crippen molar-refractivity contribution in [2.75, 3.05) is 5.32 Å². The van der Waals surface area contributed by atoms with E-state index in [-0.39, 0.29) is 5.91 Å². The van der Waals surface area contributed by atoms with Crippen molar-refractivity contribution in [2.45, 2.75) is 32.6 Å². The van der Waals surface area contributed by atoms with E-state index in [0.717, 1.165) is 19.3 Å². The molecule has 5 nitrogen and oxygen atoms in total. The van der Waals surface area contributed by atoms with Crippen LogP contribution in [0.5, 0.6) is 0 Å². The maximum Gasteiger partial charge on any atom is 0.224 e. The predicted octanol–water partition coefficient (Wildman–Crippen LogP) is 4.15. The van der Waals surface area contributed by atoms with Crippen LogP contribution in [0.25, 0.3) is 10.4 Å². The molecule has 0 heterocycles. The molecule has 0 saturated carbocycles. The summed E-state index contributed by atoms with van der Waals surface area (Å²) in [5, 5.41) is 6.27. The first-order valence-corrected chi connectivity index (χ1v) is 5.72. The molecule has 0 aromatic heterocycles. The molecule has 5 heteroatoms. The molecular weight excluding hydrogens is 216 g/mol. The number of azide groups is 1. The van der Waals surface area contributed by atoms with E-state index >= 15 is 0 Å². The normalized spacial score (nSPS) is 9.47. The first-order valence-electron chi connectivity index (χ1n) is 5.72. The van der Waals surface area contributed by atoms with Crippen LogP contribution in [0.15, 0.2) is 29.4 Å². The zero-order valence-electron chi connectivity index (χ0n) is 9.89. The lowest BCUT2D eigenvalue weighted by atomic mass is 10.2. The molecule has 17 heavy (non-hydrogen) atoms. The average Bonchev–Trinajstić information content (AvgIpc) is 2.32. The summed E-state index contributed by atoms with van der Waals surface area (Å²) in [6.45, 7) is 2.09. The largest absolute Gasteiger partial charge is 0.326 e. The predicted molar refractivity (Wildman–Crippen MR) is 68.0 cm³/mol. The highest BCUT2D eigenvalue weighted by molar-refractivity contribution is 5.93. The van der Waals surface area contributed by atoms with E-state index in [0.29, 0.717) is 17.8 Å². The highest BCUT2D eigenvalue weighted by Gasteiger charge is 2.04. The van der Waals surface area contributed by atoms with Crippen molar-refractivity contribution < 1.29 is 4.79 Å². The third kappa shape index (κ3) is 4.57. The van der Waals surface area contributed by atoms with Gasteiger partial charge in [0.2, 0.25) is 5.91 Å². The summed E-state index contributed by atoms with van der Waals surface area (Å²) in [7, 11) is 0.